The molecule has 0 radical (unpaired) electrons. The Kier molecular flexibility index (Phi) is 8.48. The molecule has 0 atom stereocenters. The SMILES string of the molecule is CCC.c1ccc2c(c1)ccc1sc3c(-c4cccc5c6ccccc6n(-c6nc(-c7ccc8c(c7)oc7ccccc78)nc(-c7ccc8c(c7)oc7ccccc78)n6)c45)cccc3c12. The van der Waals surface area contributed by atoms with Gasteiger partial charge in [0.2, 0.25) is 5.95 Å². The fourth-order valence-electron chi connectivity index (χ4n) is 9.68. The normalized spacial score (nSPS) is 11.9. The van der Waals surface area contributed by atoms with E-state index in [4.69, 9.17) is 23.8 Å². The third-order valence-corrected chi connectivity index (χ3v) is 13.7. The van der Waals surface area contributed by atoms with Gasteiger partial charge in [-0.2, -0.15) is 9.97 Å². The van der Waals surface area contributed by atoms with Crippen molar-refractivity contribution >= 4 is 108 Å². The number of benzene rings is 9. The maximum atomic E-state index is 6.38. The first-order valence-electron chi connectivity index (χ1n) is 22.1. The monoisotopic (exact) mass is 854 g/mol. The molecule has 0 saturated carbocycles. The number of fused-ring (bicyclic) bond motifs is 14. The Morgan fingerprint density at radius 1 is 0.446 bits per heavy atom. The van der Waals surface area contributed by atoms with Gasteiger partial charge >= 0.3 is 0 Å². The molecule has 0 spiro atoms. The van der Waals surface area contributed by atoms with E-state index < -0.39 is 0 Å². The molecule has 0 N–H and O–H groups in total. The van der Waals surface area contributed by atoms with Crippen molar-refractivity contribution in [3.63, 3.8) is 0 Å². The summed E-state index contributed by atoms with van der Waals surface area (Å²) >= 11 is 1.85. The number of hydrogen-bond donors (Lipinski definition) is 0. The van der Waals surface area contributed by atoms with Crippen molar-refractivity contribution in [2.24, 2.45) is 0 Å². The van der Waals surface area contributed by atoms with E-state index in [1.165, 1.54) is 42.9 Å². The van der Waals surface area contributed by atoms with Crippen molar-refractivity contribution in [2.45, 2.75) is 20.3 Å². The predicted octanol–water partition coefficient (Wildman–Crippen LogP) is 16.7. The van der Waals surface area contributed by atoms with E-state index in [2.05, 4.69) is 152 Å². The maximum Gasteiger partial charge on any atom is 0.238 e. The molecule has 65 heavy (non-hydrogen) atoms. The van der Waals surface area contributed by atoms with Gasteiger partial charge in [0, 0.05) is 74.7 Å². The van der Waals surface area contributed by atoms with Crippen molar-refractivity contribution in [1.82, 2.24) is 19.5 Å². The van der Waals surface area contributed by atoms with Crippen LogP contribution in [0.3, 0.4) is 0 Å². The first-order chi connectivity index (χ1) is 32.1. The molecule has 0 aliphatic carbocycles. The van der Waals surface area contributed by atoms with Gasteiger partial charge in [0.05, 0.1) is 11.0 Å². The molecule has 5 aromatic heterocycles. The van der Waals surface area contributed by atoms with Gasteiger partial charge < -0.3 is 8.83 Å². The lowest BCUT2D eigenvalue weighted by Crippen LogP contribution is -2.07. The van der Waals surface area contributed by atoms with E-state index >= 15 is 0 Å². The summed E-state index contributed by atoms with van der Waals surface area (Å²) in [6, 6.07) is 63.8. The highest BCUT2D eigenvalue weighted by Gasteiger charge is 2.23. The first kappa shape index (κ1) is 37.4. The van der Waals surface area contributed by atoms with Crippen LogP contribution in [0.25, 0.3) is 136 Å². The fraction of sp³-hybridized carbons (Fsp3) is 0.0517. The number of aromatic nitrogens is 4. The van der Waals surface area contributed by atoms with Crippen LogP contribution >= 0.6 is 11.3 Å². The molecular weight excluding hydrogens is 817 g/mol. The first-order valence-corrected chi connectivity index (χ1v) is 22.9. The molecule has 0 unspecified atom stereocenters. The highest BCUT2D eigenvalue weighted by molar-refractivity contribution is 7.26. The Balaban J connectivity index is 0.00000138. The zero-order valence-corrected chi connectivity index (χ0v) is 36.4. The third-order valence-electron chi connectivity index (χ3n) is 12.5. The minimum absolute atomic E-state index is 0.521. The molecule has 14 aromatic rings. The van der Waals surface area contributed by atoms with E-state index in [0.717, 1.165) is 82.4 Å². The van der Waals surface area contributed by atoms with Crippen LogP contribution in [0.4, 0.5) is 0 Å². The van der Waals surface area contributed by atoms with Crippen molar-refractivity contribution in [3.8, 4) is 39.9 Å². The van der Waals surface area contributed by atoms with Gasteiger partial charge in [-0.05, 0) is 59.3 Å². The van der Waals surface area contributed by atoms with Gasteiger partial charge in [-0.1, -0.05) is 154 Å². The summed E-state index contributed by atoms with van der Waals surface area (Å²) in [5.74, 6) is 1.60. The minimum atomic E-state index is 0.521. The standard InChI is InChI=1S/C55H30N4O2S.C3H8/c1-2-12-34-31(11-1)25-28-49-50(34)43-19-10-18-42(52(43)62-49)41-17-9-16-40-35-13-3-6-20-44(35)59(51(40)41)55-57-53(32-23-26-38-36-14-4-7-21-45(36)60-47(38)29-32)56-54(58-55)33-24-27-39-37-15-5-8-22-46(37)61-48(39)30-33;1-3-2/h1-30H;3H2,1-2H3. The van der Waals surface area contributed by atoms with Crippen LogP contribution in [-0.2, 0) is 0 Å². The van der Waals surface area contributed by atoms with Crippen LogP contribution in [0.1, 0.15) is 20.3 Å². The summed E-state index contributed by atoms with van der Waals surface area (Å²) in [5.41, 5.74) is 9.22. The molecule has 0 amide bonds. The Morgan fingerprint density at radius 3 is 1.66 bits per heavy atom. The summed E-state index contributed by atoms with van der Waals surface area (Å²) < 4.78 is 17.5. The van der Waals surface area contributed by atoms with E-state index in [-0.39, 0.29) is 0 Å². The Hall–Kier alpha value is -8.13. The zero-order valence-electron chi connectivity index (χ0n) is 35.5. The van der Waals surface area contributed by atoms with Crippen LogP contribution in [0.5, 0.6) is 0 Å². The molecule has 9 aromatic carbocycles. The molecule has 308 valence electrons. The Bertz CT molecular complexity index is 4080. The van der Waals surface area contributed by atoms with Crippen molar-refractivity contribution < 1.29 is 8.83 Å². The lowest BCUT2D eigenvalue weighted by Gasteiger charge is -2.13. The van der Waals surface area contributed by atoms with Crippen molar-refractivity contribution in [1.29, 1.82) is 0 Å². The number of furan rings is 2. The second-order valence-corrected chi connectivity index (χ2v) is 17.7. The quantitative estimate of drug-likeness (QED) is 0.176. The summed E-state index contributed by atoms with van der Waals surface area (Å²) in [5, 5.41) is 11.6. The number of para-hydroxylation sites is 4. The minimum Gasteiger partial charge on any atom is -0.456 e. The Morgan fingerprint density at radius 2 is 0.985 bits per heavy atom. The summed E-state index contributed by atoms with van der Waals surface area (Å²) in [7, 11) is 0. The van der Waals surface area contributed by atoms with E-state index in [0.29, 0.717) is 17.6 Å². The van der Waals surface area contributed by atoms with Crippen molar-refractivity contribution in [2.75, 3.05) is 0 Å². The van der Waals surface area contributed by atoms with Gasteiger partial charge in [-0.25, -0.2) is 4.98 Å². The molecule has 5 heterocycles. The third kappa shape index (κ3) is 5.82. The van der Waals surface area contributed by atoms with Gasteiger partial charge in [0.1, 0.15) is 22.3 Å². The molecule has 7 heteroatoms. The van der Waals surface area contributed by atoms with Gasteiger partial charge in [-0.3, -0.25) is 4.57 Å². The van der Waals surface area contributed by atoms with Gasteiger partial charge in [0.15, 0.2) is 11.6 Å². The average Bonchev–Trinajstić information content (AvgIpc) is 4.12. The summed E-state index contributed by atoms with van der Waals surface area (Å²) in [6.45, 7) is 4.25. The molecule has 6 nitrogen and oxygen atoms in total. The van der Waals surface area contributed by atoms with Crippen LogP contribution in [0.2, 0.25) is 0 Å². The second kappa shape index (κ2) is 14.7. The zero-order chi connectivity index (χ0) is 43.2. The molecule has 0 fully saturated rings. The van der Waals surface area contributed by atoms with E-state index in [9.17, 15) is 0 Å². The molecule has 0 aliphatic rings. The highest BCUT2D eigenvalue weighted by atomic mass is 32.1. The maximum absolute atomic E-state index is 6.38. The smallest absolute Gasteiger partial charge is 0.238 e. The number of nitrogens with zero attached hydrogens (tertiary/aromatic N) is 4. The molecule has 14 rings (SSSR count). The average molecular weight is 855 g/mol. The van der Waals surface area contributed by atoms with Crippen LogP contribution < -0.4 is 0 Å². The molecule has 0 saturated heterocycles. The molecule has 0 aliphatic heterocycles. The van der Waals surface area contributed by atoms with Gasteiger partial charge in [-0.15, -0.1) is 11.3 Å². The van der Waals surface area contributed by atoms with Gasteiger partial charge in [0.25, 0.3) is 0 Å². The predicted molar refractivity (Wildman–Crippen MR) is 271 cm³/mol. The topological polar surface area (TPSA) is 69.9 Å². The van der Waals surface area contributed by atoms with Crippen LogP contribution in [0.15, 0.2) is 191 Å². The lowest BCUT2D eigenvalue weighted by molar-refractivity contribution is 0.668. The Labute approximate surface area is 376 Å². The largest absolute Gasteiger partial charge is 0.456 e. The lowest BCUT2D eigenvalue weighted by atomic mass is 9.98. The van der Waals surface area contributed by atoms with Crippen molar-refractivity contribution in [3.05, 3.63) is 182 Å². The number of rotatable bonds is 4. The fourth-order valence-corrected chi connectivity index (χ4v) is 10.9. The molecule has 0 bridgehead atoms. The van der Waals surface area contributed by atoms with E-state index in [1.807, 2.05) is 59.9 Å². The number of thiophene rings is 1. The number of hydrogen-bond acceptors (Lipinski definition) is 6. The highest BCUT2D eigenvalue weighted by Crippen LogP contribution is 2.46. The second-order valence-electron chi connectivity index (χ2n) is 16.6. The summed E-state index contributed by atoms with van der Waals surface area (Å²) in [6.07, 6.45) is 1.25. The summed E-state index contributed by atoms with van der Waals surface area (Å²) in [4.78, 5) is 16.0. The van der Waals surface area contributed by atoms with Crippen LogP contribution in [-0.4, -0.2) is 19.5 Å². The van der Waals surface area contributed by atoms with E-state index in [1.54, 1.807) is 0 Å². The van der Waals surface area contributed by atoms with Crippen LogP contribution in [0, 0.1) is 0 Å². The molecular formula is C58H38N4O2S.